The molecule has 0 bridgehead atoms. The van der Waals surface area contributed by atoms with Crippen LogP contribution in [0.1, 0.15) is 5.56 Å². The number of ether oxygens (including phenoxy) is 1. The van der Waals surface area contributed by atoms with Crippen LogP contribution in [0.15, 0.2) is 39.7 Å². The van der Waals surface area contributed by atoms with E-state index in [1.165, 1.54) is 19.2 Å². The molecule has 0 aliphatic rings. The molecular formula is C14H9BrF5NO3S. The monoisotopic (exact) mass is 445 g/mol. The Morgan fingerprint density at radius 3 is 2.28 bits per heavy atom. The van der Waals surface area contributed by atoms with Gasteiger partial charge in [0.25, 0.3) is 10.0 Å². The van der Waals surface area contributed by atoms with Gasteiger partial charge in [-0.3, -0.25) is 4.72 Å². The number of benzene rings is 2. The first kappa shape index (κ1) is 19.4. The standard InChI is InChI=1S/C14H9BrF5NO3S/c1-24-12-3-2-7(15)4-13(12)25(22,23)21-11-6-9(16)8(5-10(11)17)14(18,19)20/h2-6,21H,1H3. The number of sulfonamides is 1. The first-order chi connectivity index (χ1) is 11.5. The zero-order valence-electron chi connectivity index (χ0n) is 12.3. The van der Waals surface area contributed by atoms with E-state index in [-0.39, 0.29) is 17.9 Å². The van der Waals surface area contributed by atoms with E-state index in [2.05, 4.69) is 15.9 Å². The SMILES string of the molecule is COc1ccc(Br)cc1S(=O)(=O)Nc1cc(F)c(C(F)(F)F)cc1F. The van der Waals surface area contributed by atoms with Crippen molar-refractivity contribution in [2.45, 2.75) is 11.1 Å². The molecule has 0 saturated heterocycles. The molecule has 0 unspecified atom stereocenters. The van der Waals surface area contributed by atoms with E-state index in [1.807, 2.05) is 0 Å². The molecule has 0 radical (unpaired) electrons. The molecule has 25 heavy (non-hydrogen) atoms. The van der Waals surface area contributed by atoms with E-state index in [0.29, 0.717) is 4.47 Å². The lowest BCUT2D eigenvalue weighted by Gasteiger charge is -2.14. The topological polar surface area (TPSA) is 55.4 Å². The van der Waals surface area contributed by atoms with Crippen molar-refractivity contribution in [3.05, 3.63) is 52.0 Å². The highest BCUT2D eigenvalue weighted by atomic mass is 79.9. The quantitative estimate of drug-likeness (QED) is 0.702. The summed E-state index contributed by atoms with van der Waals surface area (Å²) in [4.78, 5) is -0.413. The third-order valence-electron chi connectivity index (χ3n) is 3.02. The fourth-order valence-electron chi connectivity index (χ4n) is 1.90. The van der Waals surface area contributed by atoms with Crippen LogP contribution >= 0.6 is 15.9 Å². The second kappa shape index (κ2) is 6.79. The van der Waals surface area contributed by atoms with Crippen molar-refractivity contribution in [1.29, 1.82) is 0 Å². The zero-order valence-corrected chi connectivity index (χ0v) is 14.7. The molecule has 0 aromatic heterocycles. The molecule has 0 aliphatic carbocycles. The first-order valence-corrected chi connectivity index (χ1v) is 8.66. The second-order valence-corrected chi connectivity index (χ2v) is 7.28. The molecule has 2 aromatic rings. The molecule has 1 N–H and O–H groups in total. The van der Waals surface area contributed by atoms with Gasteiger partial charge >= 0.3 is 6.18 Å². The summed E-state index contributed by atoms with van der Waals surface area (Å²) in [5.74, 6) is -3.48. The molecular weight excluding hydrogens is 437 g/mol. The van der Waals surface area contributed by atoms with Gasteiger partial charge in [0.15, 0.2) is 0 Å². The predicted molar refractivity (Wildman–Crippen MR) is 82.9 cm³/mol. The summed E-state index contributed by atoms with van der Waals surface area (Å²) in [5, 5.41) is 0. The zero-order chi connectivity index (χ0) is 19.0. The van der Waals surface area contributed by atoms with E-state index in [1.54, 1.807) is 4.72 Å². The number of rotatable bonds is 4. The Labute approximate surface area is 147 Å². The van der Waals surface area contributed by atoms with Crippen molar-refractivity contribution in [2.24, 2.45) is 0 Å². The van der Waals surface area contributed by atoms with Crippen molar-refractivity contribution >= 4 is 31.6 Å². The van der Waals surface area contributed by atoms with Crippen LogP contribution in [0.2, 0.25) is 0 Å². The van der Waals surface area contributed by atoms with Crippen LogP contribution in [0.3, 0.4) is 0 Å². The van der Waals surface area contributed by atoms with E-state index >= 15 is 0 Å². The highest BCUT2D eigenvalue weighted by molar-refractivity contribution is 9.10. The Morgan fingerprint density at radius 1 is 1.08 bits per heavy atom. The summed E-state index contributed by atoms with van der Waals surface area (Å²) in [6.07, 6.45) is -5.12. The van der Waals surface area contributed by atoms with Crippen LogP contribution in [0.4, 0.5) is 27.6 Å². The van der Waals surface area contributed by atoms with Gasteiger partial charge in [-0.2, -0.15) is 13.2 Å². The van der Waals surface area contributed by atoms with Gasteiger partial charge in [0.2, 0.25) is 0 Å². The minimum absolute atomic E-state index is 0.0940. The summed E-state index contributed by atoms with van der Waals surface area (Å²) in [6.45, 7) is 0. The molecule has 0 saturated carbocycles. The highest BCUT2D eigenvalue weighted by Gasteiger charge is 2.35. The number of nitrogens with one attached hydrogen (secondary N) is 1. The summed E-state index contributed by atoms with van der Waals surface area (Å²) < 4.78 is 96.7. The van der Waals surface area contributed by atoms with Crippen LogP contribution < -0.4 is 9.46 Å². The number of hydrogen-bond donors (Lipinski definition) is 1. The molecule has 4 nitrogen and oxygen atoms in total. The molecule has 0 amide bonds. The number of anilines is 1. The number of halogens is 6. The summed E-state index contributed by atoms with van der Waals surface area (Å²) in [5.41, 5.74) is -2.81. The lowest BCUT2D eigenvalue weighted by atomic mass is 10.2. The Morgan fingerprint density at radius 2 is 1.72 bits per heavy atom. The number of methoxy groups -OCH3 is 1. The molecule has 0 atom stereocenters. The Balaban J connectivity index is 2.49. The minimum atomic E-state index is -5.12. The van der Waals surface area contributed by atoms with E-state index in [9.17, 15) is 30.4 Å². The predicted octanol–water partition coefficient (Wildman–Crippen LogP) is 4.56. The molecule has 0 fully saturated rings. The average Bonchev–Trinajstić information content (AvgIpc) is 2.49. The smallest absolute Gasteiger partial charge is 0.419 e. The van der Waals surface area contributed by atoms with Gasteiger partial charge in [-0.1, -0.05) is 15.9 Å². The van der Waals surface area contributed by atoms with Gasteiger partial charge in [0, 0.05) is 10.5 Å². The average molecular weight is 446 g/mol. The summed E-state index contributed by atoms with van der Waals surface area (Å²) in [6, 6.07) is 3.93. The number of alkyl halides is 3. The first-order valence-electron chi connectivity index (χ1n) is 6.38. The Kier molecular flexibility index (Phi) is 5.28. The van der Waals surface area contributed by atoms with Crippen LogP contribution in [-0.4, -0.2) is 15.5 Å². The maximum atomic E-state index is 13.8. The van der Waals surface area contributed by atoms with Crippen LogP contribution in [0.25, 0.3) is 0 Å². The third-order valence-corrected chi connectivity index (χ3v) is 4.90. The van der Waals surface area contributed by atoms with Crippen LogP contribution in [-0.2, 0) is 16.2 Å². The molecule has 0 spiro atoms. The van der Waals surface area contributed by atoms with Gasteiger partial charge in [-0.25, -0.2) is 17.2 Å². The van der Waals surface area contributed by atoms with Crippen molar-refractivity contribution in [3.8, 4) is 5.75 Å². The van der Waals surface area contributed by atoms with Gasteiger partial charge in [-0.05, 0) is 24.3 Å². The van der Waals surface area contributed by atoms with Gasteiger partial charge < -0.3 is 4.74 Å². The van der Waals surface area contributed by atoms with Crippen molar-refractivity contribution in [2.75, 3.05) is 11.8 Å². The molecule has 136 valence electrons. The lowest BCUT2D eigenvalue weighted by molar-refractivity contribution is -0.140. The highest BCUT2D eigenvalue weighted by Crippen LogP contribution is 2.35. The largest absolute Gasteiger partial charge is 0.495 e. The van der Waals surface area contributed by atoms with Gasteiger partial charge in [-0.15, -0.1) is 0 Å². The van der Waals surface area contributed by atoms with E-state index in [0.717, 1.165) is 6.07 Å². The molecule has 2 aromatic carbocycles. The molecule has 0 heterocycles. The summed E-state index contributed by atoms with van der Waals surface area (Å²) in [7, 11) is -3.26. The Hall–Kier alpha value is -1.88. The van der Waals surface area contributed by atoms with Crippen LogP contribution in [0.5, 0.6) is 5.75 Å². The van der Waals surface area contributed by atoms with Crippen LogP contribution in [0, 0.1) is 11.6 Å². The summed E-state index contributed by atoms with van der Waals surface area (Å²) >= 11 is 3.05. The lowest BCUT2D eigenvalue weighted by Crippen LogP contribution is -2.16. The van der Waals surface area contributed by atoms with Crippen molar-refractivity contribution < 1.29 is 35.1 Å². The third kappa shape index (κ3) is 4.21. The van der Waals surface area contributed by atoms with E-state index in [4.69, 9.17) is 4.74 Å². The Bertz CT molecular complexity index is 915. The minimum Gasteiger partial charge on any atom is -0.495 e. The second-order valence-electron chi connectivity index (χ2n) is 4.71. The normalized spacial score (nSPS) is 12.1. The maximum absolute atomic E-state index is 13.8. The molecule has 0 aliphatic heterocycles. The van der Waals surface area contributed by atoms with Crippen molar-refractivity contribution in [3.63, 3.8) is 0 Å². The van der Waals surface area contributed by atoms with E-state index < -0.39 is 44.0 Å². The van der Waals surface area contributed by atoms with Gasteiger partial charge in [0.05, 0.1) is 18.4 Å². The molecule has 2 rings (SSSR count). The van der Waals surface area contributed by atoms with Crippen molar-refractivity contribution in [1.82, 2.24) is 0 Å². The van der Waals surface area contributed by atoms with Gasteiger partial charge in [0.1, 0.15) is 22.3 Å². The number of hydrogen-bond acceptors (Lipinski definition) is 3. The molecule has 11 heteroatoms. The fraction of sp³-hybridized carbons (Fsp3) is 0.143. The maximum Gasteiger partial charge on any atom is 0.419 e. The fourth-order valence-corrected chi connectivity index (χ4v) is 3.67.